The molecule has 0 spiro atoms. The van der Waals surface area contributed by atoms with Gasteiger partial charge in [0, 0.05) is 0 Å². The molecule has 0 bridgehead atoms. The summed E-state index contributed by atoms with van der Waals surface area (Å²) >= 11 is 0. The van der Waals surface area contributed by atoms with E-state index in [-0.39, 0.29) is 6.42 Å². The molecule has 0 saturated heterocycles. The van der Waals surface area contributed by atoms with Gasteiger partial charge in [0.25, 0.3) is 0 Å². The fraction of sp³-hybridized carbons (Fsp3) is 0.364. The van der Waals surface area contributed by atoms with Crippen molar-refractivity contribution in [3.63, 3.8) is 0 Å². The van der Waals surface area contributed by atoms with Crippen LogP contribution in [0.5, 0.6) is 0 Å². The van der Waals surface area contributed by atoms with Gasteiger partial charge in [-0.05, 0) is 18.6 Å². The van der Waals surface area contributed by atoms with Crippen LogP contribution in [0.3, 0.4) is 0 Å². The van der Waals surface area contributed by atoms with Gasteiger partial charge in [-0.25, -0.2) is 13.1 Å². The van der Waals surface area contributed by atoms with Crippen LogP contribution in [0.2, 0.25) is 0 Å². The van der Waals surface area contributed by atoms with E-state index in [2.05, 4.69) is 0 Å². The lowest BCUT2D eigenvalue weighted by molar-refractivity contribution is -0.139. The molecule has 0 amide bonds. The lowest BCUT2D eigenvalue weighted by Crippen LogP contribution is -2.43. The first kappa shape index (κ1) is 16.4. The first-order valence-electron chi connectivity index (χ1n) is 5.62. The van der Waals surface area contributed by atoms with E-state index in [0.29, 0.717) is 6.07 Å². The van der Waals surface area contributed by atoms with Gasteiger partial charge in [0.1, 0.15) is 5.84 Å². The second-order valence-corrected chi connectivity index (χ2v) is 5.71. The average Bonchev–Trinajstić information content (AvgIpc) is 2.34. The Hall–Kier alpha value is -1.61. The molecule has 9 heteroatoms. The highest BCUT2D eigenvalue weighted by Crippen LogP contribution is 2.33. The Morgan fingerprint density at radius 1 is 1.40 bits per heavy atom. The Morgan fingerprint density at radius 3 is 2.40 bits per heavy atom. The average molecular weight is 309 g/mol. The Kier molecular flexibility index (Phi) is 4.77. The van der Waals surface area contributed by atoms with Crippen molar-refractivity contribution in [2.45, 2.75) is 30.5 Å². The maximum absolute atomic E-state index is 12.8. The summed E-state index contributed by atoms with van der Waals surface area (Å²) in [5.74, 6) is -0.458. The number of nitrogens with two attached hydrogens (primary N) is 1. The summed E-state index contributed by atoms with van der Waals surface area (Å²) in [5, 5.41) is 7.20. The third-order valence-corrected chi connectivity index (χ3v) is 4.09. The fourth-order valence-electron chi connectivity index (χ4n) is 1.55. The maximum Gasteiger partial charge on any atom is 0.417 e. The number of hydrogen-bond acceptors (Lipinski definition) is 3. The Bertz CT molecular complexity index is 599. The first-order valence-corrected chi connectivity index (χ1v) is 7.10. The van der Waals surface area contributed by atoms with Crippen LogP contribution >= 0.6 is 0 Å². The molecule has 0 heterocycles. The number of benzene rings is 1. The summed E-state index contributed by atoms with van der Waals surface area (Å²) in [6, 6.07) is 2.80. The van der Waals surface area contributed by atoms with Crippen LogP contribution in [0, 0.1) is 5.41 Å². The van der Waals surface area contributed by atoms with Gasteiger partial charge in [-0.1, -0.05) is 19.1 Å². The smallest absolute Gasteiger partial charge is 0.386 e. The number of rotatable bonds is 5. The van der Waals surface area contributed by atoms with Crippen molar-refractivity contribution in [1.82, 2.24) is 4.72 Å². The molecule has 1 aromatic rings. The van der Waals surface area contributed by atoms with Crippen molar-refractivity contribution in [3.05, 3.63) is 29.8 Å². The molecule has 0 aliphatic rings. The van der Waals surface area contributed by atoms with Crippen LogP contribution < -0.4 is 10.5 Å². The van der Waals surface area contributed by atoms with Crippen LogP contribution in [0.25, 0.3) is 0 Å². The van der Waals surface area contributed by atoms with Gasteiger partial charge in [0.15, 0.2) is 0 Å². The van der Waals surface area contributed by atoms with Crippen molar-refractivity contribution in [2.24, 2.45) is 5.73 Å². The van der Waals surface area contributed by atoms with Crippen LogP contribution in [0.4, 0.5) is 13.2 Å². The molecule has 4 N–H and O–H groups in total. The zero-order valence-electron chi connectivity index (χ0n) is 10.5. The summed E-state index contributed by atoms with van der Waals surface area (Å²) in [5.41, 5.74) is 3.93. The van der Waals surface area contributed by atoms with E-state index in [1.165, 1.54) is 6.07 Å². The van der Waals surface area contributed by atoms with Crippen molar-refractivity contribution in [3.8, 4) is 0 Å². The van der Waals surface area contributed by atoms with Crippen LogP contribution in [-0.4, -0.2) is 20.3 Å². The molecule has 5 nitrogen and oxygen atoms in total. The highest BCUT2D eigenvalue weighted by Gasteiger charge is 2.37. The lowest BCUT2D eigenvalue weighted by atomic mass is 10.2. The van der Waals surface area contributed by atoms with Gasteiger partial charge < -0.3 is 5.73 Å². The van der Waals surface area contributed by atoms with Gasteiger partial charge in [0.05, 0.1) is 16.5 Å². The summed E-state index contributed by atoms with van der Waals surface area (Å²) in [4.78, 5) is -0.882. The van der Waals surface area contributed by atoms with Crippen molar-refractivity contribution in [1.29, 1.82) is 5.41 Å². The number of amidine groups is 1. The summed E-state index contributed by atoms with van der Waals surface area (Å²) in [6.45, 7) is 1.56. The van der Waals surface area contributed by atoms with Gasteiger partial charge in [-0.15, -0.1) is 0 Å². The van der Waals surface area contributed by atoms with E-state index in [1.54, 1.807) is 6.92 Å². The van der Waals surface area contributed by atoms with Crippen LogP contribution in [-0.2, 0) is 16.2 Å². The van der Waals surface area contributed by atoms with Crippen LogP contribution in [0.15, 0.2) is 29.2 Å². The van der Waals surface area contributed by atoms with E-state index >= 15 is 0 Å². The van der Waals surface area contributed by atoms with Gasteiger partial charge in [-0.2, -0.15) is 13.2 Å². The molecule has 0 saturated carbocycles. The molecule has 0 aliphatic heterocycles. The SMILES string of the molecule is CCC(NS(=O)(=O)c1ccccc1C(F)(F)F)C(=N)N. The van der Waals surface area contributed by atoms with Gasteiger partial charge in [0.2, 0.25) is 10.0 Å². The predicted octanol–water partition coefficient (Wildman–Crippen LogP) is 1.70. The zero-order chi connectivity index (χ0) is 15.6. The molecule has 0 fully saturated rings. The quantitative estimate of drug-likeness (QED) is 0.570. The summed E-state index contributed by atoms with van der Waals surface area (Å²) < 4.78 is 64.4. The molecule has 1 rings (SSSR count). The molecular formula is C11H14F3N3O2S. The molecule has 112 valence electrons. The Labute approximate surface area is 114 Å². The second kappa shape index (κ2) is 5.80. The zero-order valence-corrected chi connectivity index (χ0v) is 11.3. The third kappa shape index (κ3) is 3.70. The Morgan fingerprint density at radius 2 is 1.95 bits per heavy atom. The molecular weight excluding hydrogens is 295 g/mol. The number of halogens is 3. The van der Waals surface area contributed by atoms with E-state index in [4.69, 9.17) is 11.1 Å². The van der Waals surface area contributed by atoms with E-state index < -0.39 is 38.5 Å². The van der Waals surface area contributed by atoms with Crippen molar-refractivity contribution in [2.75, 3.05) is 0 Å². The molecule has 0 radical (unpaired) electrons. The second-order valence-electron chi connectivity index (χ2n) is 4.03. The molecule has 1 unspecified atom stereocenters. The highest BCUT2D eigenvalue weighted by atomic mass is 32.2. The van der Waals surface area contributed by atoms with Gasteiger partial charge in [-0.3, -0.25) is 5.41 Å². The molecule has 0 aromatic heterocycles. The molecule has 0 aliphatic carbocycles. The molecule has 1 aromatic carbocycles. The van der Waals surface area contributed by atoms with Crippen molar-refractivity contribution >= 4 is 15.9 Å². The first-order chi connectivity index (χ1) is 9.09. The summed E-state index contributed by atoms with van der Waals surface area (Å²) in [7, 11) is -4.42. The topological polar surface area (TPSA) is 96.0 Å². The van der Waals surface area contributed by atoms with E-state index in [0.717, 1.165) is 12.1 Å². The number of sulfonamides is 1. The minimum atomic E-state index is -4.79. The number of nitrogens with one attached hydrogen (secondary N) is 2. The normalized spacial score (nSPS) is 14.0. The number of alkyl halides is 3. The highest BCUT2D eigenvalue weighted by molar-refractivity contribution is 7.89. The monoisotopic (exact) mass is 309 g/mol. The minimum absolute atomic E-state index is 0.156. The standard InChI is InChI=1S/C11H14F3N3O2S/c1-2-8(10(15)16)17-20(18,19)9-6-4-3-5-7(9)11(12,13)14/h3-6,8,17H,2H2,1H3,(H3,15,16). The maximum atomic E-state index is 12.8. The van der Waals surface area contributed by atoms with Gasteiger partial charge >= 0.3 is 6.18 Å². The van der Waals surface area contributed by atoms with Crippen LogP contribution in [0.1, 0.15) is 18.9 Å². The molecule has 20 heavy (non-hydrogen) atoms. The lowest BCUT2D eigenvalue weighted by Gasteiger charge is -2.18. The fourth-order valence-corrected chi connectivity index (χ4v) is 3.08. The number of hydrogen-bond donors (Lipinski definition) is 3. The third-order valence-electron chi connectivity index (χ3n) is 2.56. The predicted molar refractivity (Wildman–Crippen MR) is 67.8 cm³/mol. The van der Waals surface area contributed by atoms with E-state index in [1.807, 2.05) is 4.72 Å². The molecule has 1 atom stereocenters. The van der Waals surface area contributed by atoms with E-state index in [9.17, 15) is 21.6 Å². The largest absolute Gasteiger partial charge is 0.417 e. The Balaban J connectivity index is 3.27. The minimum Gasteiger partial charge on any atom is -0.386 e. The van der Waals surface area contributed by atoms with Crippen molar-refractivity contribution < 1.29 is 21.6 Å². The summed E-state index contributed by atoms with van der Waals surface area (Å²) in [6.07, 6.45) is -4.63.